The molecule has 2 rings (SSSR count). The summed E-state index contributed by atoms with van der Waals surface area (Å²) in [7, 11) is 1.85. The molecule has 1 amide bonds. The number of nitrogens with one attached hydrogen (secondary N) is 1. The maximum absolute atomic E-state index is 12.3. The standard InChI is InChI=1S/C11H18N4O/c1-3-5-15(9-7-12-8-9)11(16)10-13-4-6-14(10)2/h4,6,9,12H,3,5,7-8H2,1-2H3. The Labute approximate surface area is 95.5 Å². The first-order valence-corrected chi connectivity index (χ1v) is 5.73. The normalized spacial score (nSPS) is 15.9. The first-order valence-electron chi connectivity index (χ1n) is 5.73. The van der Waals surface area contributed by atoms with Crippen LogP contribution in [0.4, 0.5) is 0 Å². The minimum absolute atomic E-state index is 0.0425. The van der Waals surface area contributed by atoms with Gasteiger partial charge >= 0.3 is 0 Å². The zero-order chi connectivity index (χ0) is 11.5. The molecule has 1 aromatic rings. The van der Waals surface area contributed by atoms with Crippen LogP contribution < -0.4 is 5.32 Å². The third-order valence-electron chi connectivity index (χ3n) is 2.94. The summed E-state index contributed by atoms with van der Waals surface area (Å²) in [5, 5.41) is 3.19. The summed E-state index contributed by atoms with van der Waals surface area (Å²) >= 11 is 0. The maximum atomic E-state index is 12.3. The Bertz CT molecular complexity index is 370. The third-order valence-corrected chi connectivity index (χ3v) is 2.94. The molecule has 0 atom stereocenters. The van der Waals surface area contributed by atoms with E-state index in [0.717, 1.165) is 26.1 Å². The summed E-state index contributed by atoms with van der Waals surface area (Å²) in [5.41, 5.74) is 0. The lowest BCUT2D eigenvalue weighted by Crippen LogP contribution is -2.59. The number of carbonyl (C=O) groups is 1. The van der Waals surface area contributed by atoms with Crippen LogP contribution >= 0.6 is 0 Å². The van der Waals surface area contributed by atoms with Gasteiger partial charge in [0, 0.05) is 39.1 Å². The number of nitrogens with zero attached hydrogens (tertiary/aromatic N) is 3. The fourth-order valence-electron chi connectivity index (χ4n) is 1.88. The molecular weight excluding hydrogens is 204 g/mol. The van der Waals surface area contributed by atoms with Gasteiger partial charge in [0.25, 0.3) is 5.91 Å². The second kappa shape index (κ2) is 4.65. The number of aromatic nitrogens is 2. The van der Waals surface area contributed by atoms with E-state index in [1.165, 1.54) is 0 Å². The van der Waals surface area contributed by atoms with E-state index in [0.29, 0.717) is 11.9 Å². The molecule has 1 saturated heterocycles. The lowest BCUT2D eigenvalue weighted by atomic mass is 10.1. The van der Waals surface area contributed by atoms with E-state index < -0.39 is 0 Å². The van der Waals surface area contributed by atoms with Gasteiger partial charge in [-0.2, -0.15) is 0 Å². The molecule has 0 radical (unpaired) electrons. The molecule has 1 aliphatic heterocycles. The molecule has 1 N–H and O–H groups in total. The minimum Gasteiger partial charge on any atom is -0.330 e. The topological polar surface area (TPSA) is 50.2 Å². The fraction of sp³-hybridized carbons (Fsp3) is 0.636. The van der Waals surface area contributed by atoms with Crippen LogP contribution in [0.5, 0.6) is 0 Å². The van der Waals surface area contributed by atoms with Crippen molar-refractivity contribution in [1.82, 2.24) is 19.8 Å². The van der Waals surface area contributed by atoms with Gasteiger partial charge in [-0.3, -0.25) is 4.79 Å². The lowest BCUT2D eigenvalue weighted by Gasteiger charge is -2.37. The van der Waals surface area contributed by atoms with E-state index >= 15 is 0 Å². The van der Waals surface area contributed by atoms with Gasteiger partial charge in [-0.05, 0) is 6.42 Å². The van der Waals surface area contributed by atoms with Gasteiger partial charge in [-0.1, -0.05) is 6.92 Å². The van der Waals surface area contributed by atoms with Crippen molar-refractivity contribution >= 4 is 5.91 Å². The van der Waals surface area contributed by atoms with Crippen molar-refractivity contribution in [2.75, 3.05) is 19.6 Å². The van der Waals surface area contributed by atoms with Gasteiger partial charge in [0.05, 0.1) is 6.04 Å². The van der Waals surface area contributed by atoms with E-state index in [1.54, 1.807) is 17.0 Å². The van der Waals surface area contributed by atoms with Gasteiger partial charge in [0.15, 0.2) is 5.82 Å². The molecule has 0 aromatic carbocycles. The second-order valence-electron chi connectivity index (χ2n) is 4.17. The highest BCUT2D eigenvalue weighted by Gasteiger charge is 2.30. The molecule has 5 heteroatoms. The average molecular weight is 222 g/mol. The highest BCUT2D eigenvalue weighted by atomic mass is 16.2. The van der Waals surface area contributed by atoms with Crippen LogP contribution in [-0.2, 0) is 7.05 Å². The van der Waals surface area contributed by atoms with E-state index in [-0.39, 0.29) is 5.91 Å². The van der Waals surface area contributed by atoms with Crippen LogP contribution in [0.25, 0.3) is 0 Å². The molecule has 1 aliphatic rings. The summed E-state index contributed by atoms with van der Waals surface area (Å²) in [6, 6.07) is 0.337. The summed E-state index contributed by atoms with van der Waals surface area (Å²) in [6.07, 6.45) is 4.44. The van der Waals surface area contributed by atoms with Crippen LogP contribution in [0.3, 0.4) is 0 Å². The van der Waals surface area contributed by atoms with Crippen LogP contribution in [0.1, 0.15) is 24.0 Å². The number of hydrogen-bond acceptors (Lipinski definition) is 3. The smallest absolute Gasteiger partial charge is 0.290 e. The number of imidazole rings is 1. The molecule has 0 aliphatic carbocycles. The Morgan fingerprint density at radius 3 is 2.88 bits per heavy atom. The second-order valence-corrected chi connectivity index (χ2v) is 4.17. The molecule has 0 unspecified atom stereocenters. The summed E-state index contributed by atoms with van der Waals surface area (Å²) in [4.78, 5) is 18.3. The van der Waals surface area contributed by atoms with Gasteiger partial charge in [0.1, 0.15) is 0 Å². The summed E-state index contributed by atoms with van der Waals surface area (Å²) in [6.45, 7) is 4.69. The molecule has 0 bridgehead atoms. The molecule has 5 nitrogen and oxygen atoms in total. The number of hydrogen-bond donors (Lipinski definition) is 1. The summed E-state index contributed by atoms with van der Waals surface area (Å²) < 4.78 is 1.77. The highest BCUT2D eigenvalue weighted by Crippen LogP contribution is 2.10. The third kappa shape index (κ3) is 1.95. The van der Waals surface area contributed by atoms with E-state index in [2.05, 4.69) is 17.2 Å². The van der Waals surface area contributed by atoms with Crippen LogP contribution in [-0.4, -0.2) is 46.0 Å². The fourth-order valence-corrected chi connectivity index (χ4v) is 1.88. The zero-order valence-corrected chi connectivity index (χ0v) is 9.81. The Morgan fingerprint density at radius 1 is 1.69 bits per heavy atom. The molecule has 2 heterocycles. The minimum atomic E-state index is 0.0425. The van der Waals surface area contributed by atoms with Crippen LogP contribution in [0.15, 0.2) is 12.4 Å². The Kier molecular flexibility index (Phi) is 3.24. The van der Waals surface area contributed by atoms with Gasteiger partial charge < -0.3 is 14.8 Å². The Morgan fingerprint density at radius 2 is 2.44 bits per heavy atom. The molecule has 16 heavy (non-hydrogen) atoms. The number of amides is 1. The Hall–Kier alpha value is -1.36. The quantitative estimate of drug-likeness (QED) is 0.794. The highest BCUT2D eigenvalue weighted by molar-refractivity contribution is 5.91. The van der Waals surface area contributed by atoms with Gasteiger partial charge in [-0.15, -0.1) is 0 Å². The van der Waals surface area contributed by atoms with E-state index in [9.17, 15) is 4.79 Å². The number of rotatable bonds is 4. The Balaban J connectivity index is 2.13. The van der Waals surface area contributed by atoms with E-state index in [1.807, 2.05) is 11.9 Å². The average Bonchev–Trinajstić information content (AvgIpc) is 2.60. The molecule has 88 valence electrons. The largest absolute Gasteiger partial charge is 0.330 e. The van der Waals surface area contributed by atoms with Crippen molar-refractivity contribution in [3.05, 3.63) is 18.2 Å². The summed E-state index contributed by atoms with van der Waals surface area (Å²) in [5.74, 6) is 0.571. The molecule has 0 saturated carbocycles. The predicted octanol–water partition coefficient (Wildman–Crippen LogP) is 0.244. The first kappa shape index (κ1) is 11.1. The zero-order valence-electron chi connectivity index (χ0n) is 9.81. The predicted molar refractivity (Wildman–Crippen MR) is 61.2 cm³/mol. The van der Waals surface area contributed by atoms with Crippen LogP contribution in [0.2, 0.25) is 0 Å². The molecular formula is C11H18N4O. The van der Waals surface area contributed by atoms with Crippen molar-refractivity contribution in [3.8, 4) is 0 Å². The molecule has 1 aromatic heterocycles. The van der Waals surface area contributed by atoms with Crippen molar-refractivity contribution in [3.63, 3.8) is 0 Å². The van der Waals surface area contributed by atoms with Crippen LogP contribution in [0, 0.1) is 0 Å². The lowest BCUT2D eigenvalue weighted by molar-refractivity contribution is 0.0599. The SMILES string of the molecule is CCCN(C(=O)c1nccn1C)C1CNC1. The van der Waals surface area contributed by atoms with Crippen molar-refractivity contribution in [1.29, 1.82) is 0 Å². The number of aryl methyl sites for hydroxylation is 1. The first-order chi connectivity index (χ1) is 7.74. The molecule has 1 fully saturated rings. The van der Waals surface area contributed by atoms with Crippen molar-refractivity contribution < 1.29 is 4.79 Å². The van der Waals surface area contributed by atoms with Gasteiger partial charge in [0.2, 0.25) is 0 Å². The van der Waals surface area contributed by atoms with E-state index in [4.69, 9.17) is 0 Å². The maximum Gasteiger partial charge on any atom is 0.290 e. The van der Waals surface area contributed by atoms with Crippen molar-refractivity contribution in [2.45, 2.75) is 19.4 Å². The van der Waals surface area contributed by atoms with Crippen molar-refractivity contribution in [2.24, 2.45) is 7.05 Å². The monoisotopic (exact) mass is 222 g/mol. The molecule has 0 spiro atoms. The number of carbonyl (C=O) groups excluding carboxylic acids is 1. The van der Waals surface area contributed by atoms with Gasteiger partial charge in [-0.25, -0.2) is 4.98 Å².